The predicted octanol–water partition coefficient (Wildman–Crippen LogP) is 1.39. The number of carbonyl (C=O) groups is 4. The van der Waals surface area contributed by atoms with Crippen molar-refractivity contribution in [3.8, 4) is 0 Å². The van der Waals surface area contributed by atoms with Gasteiger partial charge < -0.3 is 33.4 Å². The largest absolute Gasteiger partial charge is 0.463 e. The molecular weight excluding hydrogens is 450 g/mol. The Morgan fingerprint density at radius 3 is 2.06 bits per heavy atom. The van der Waals surface area contributed by atoms with Crippen LogP contribution in [0.3, 0.4) is 0 Å². The summed E-state index contributed by atoms with van der Waals surface area (Å²) in [6.45, 7) is 4.13. The summed E-state index contributed by atoms with van der Waals surface area (Å²) in [6, 6.07) is 7.18. The number of carbonyl (C=O) groups excluding carboxylic acids is 4. The van der Waals surface area contributed by atoms with Crippen LogP contribution in [0.25, 0.3) is 10.9 Å². The van der Waals surface area contributed by atoms with E-state index in [1.54, 1.807) is 29.0 Å². The van der Waals surface area contributed by atoms with Gasteiger partial charge in [0.25, 0.3) is 0 Å². The second-order valence-electron chi connectivity index (χ2n) is 7.83. The summed E-state index contributed by atoms with van der Waals surface area (Å²) in [5, 5.41) is 10.6. The Balaban J connectivity index is 2.16. The predicted molar refractivity (Wildman–Crippen MR) is 115 cm³/mol. The summed E-state index contributed by atoms with van der Waals surface area (Å²) >= 11 is 0. The highest BCUT2D eigenvalue weighted by molar-refractivity contribution is 5.84. The van der Waals surface area contributed by atoms with Crippen LogP contribution in [0.1, 0.15) is 39.5 Å². The van der Waals surface area contributed by atoms with Crippen LogP contribution in [-0.4, -0.2) is 64.6 Å². The Morgan fingerprint density at radius 1 is 0.882 bits per heavy atom. The summed E-state index contributed by atoms with van der Waals surface area (Å²) in [5.74, 6) is -2.69. The number of aliphatic hydroxyl groups is 1. The molecule has 5 unspecified atom stereocenters. The van der Waals surface area contributed by atoms with Gasteiger partial charge in [-0.1, -0.05) is 18.2 Å². The first-order valence-corrected chi connectivity index (χ1v) is 10.6. The van der Waals surface area contributed by atoms with E-state index in [4.69, 9.17) is 23.7 Å². The fourth-order valence-corrected chi connectivity index (χ4v) is 4.04. The molecule has 1 aromatic heterocycles. The summed E-state index contributed by atoms with van der Waals surface area (Å²) in [5.41, 5.74) is 1.23. The molecule has 0 amide bonds. The summed E-state index contributed by atoms with van der Waals surface area (Å²) < 4.78 is 29.3. The lowest BCUT2D eigenvalue weighted by atomic mass is 9.97. The molecule has 1 N–H and O–H groups in total. The van der Waals surface area contributed by atoms with E-state index in [-0.39, 0.29) is 13.2 Å². The highest BCUT2D eigenvalue weighted by Crippen LogP contribution is 2.37. The quantitative estimate of drug-likeness (QED) is 0.459. The van der Waals surface area contributed by atoms with Gasteiger partial charge in [0.15, 0.2) is 24.5 Å². The second kappa shape index (κ2) is 10.7. The molecule has 0 aliphatic carbocycles. The van der Waals surface area contributed by atoms with Crippen LogP contribution in [-0.2, 0) is 49.5 Å². The monoisotopic (exact) mass is 477 g/mol. The molecule has 1 aliphatic heterocycles. The Morgan fingerprint density at radius 2 is 1.47 bits per heavy atom. The molecule has 11 heteroatoms. The minimum absolute atomic E-state index is 0.265. The fraction of sp³-hybridized carbons (Fsp3) is 0.478. The fourth-order valence-electron chi connectivity index (χ4n) is 4.04. The molecular formula is C23H27NO10. The number of benzene rings is 1. The molecule has 2 heterocycles. The molecule has 0 bridgehead atoms. The normalized spacial score (nSPS) is 24.3. The van der Waals surface area contributed by atoms with Crippen molar-refractivity contribution in [3.63, 3.8) is 0 Å². The van der Waals surface area contributed by atoms with Gasteiger partial charge >= 0.3 is 23.9 Å². The van der Waals surface area contributed by atoms with Crippen LogP contribution in [0.5, 0.6) is 0 Å². The van der Waals surface area contributed by atoms with Crippen LogP contribution in [0.2, 0.25) is 0 Å². The zero-order valence-electron chi connectivity index (χ0n) is 19.3. The van der Waals surface area contributed by atoms with Gasteiger partial charge in [0.2, 0.25) is 0 Å². The second-order valence-corrected chi connectivity index (χ2v) is 7.83. The maximum atomic E-state index is 12.0. The van der Waals surface area contributed by atoms with E-state index in [1.807, 2.05) is 6.07 Å². The van der Waals surface area contributed by atoms with Crippen LogP contribution in [0, 0.1) is 0 Å². The molecule has 1 saturated heterocycles. The van der Waals surface area contributed by atoms with Crippen molar-refractivity contribution < 1.29 is 48.0 Å². The molecule has 2 aromatic rings. The van der Waals surface area contributed by atoms with E-state index in [0.717, 1.165) is 19.2 Å². The molecule has 11 nitrogen and oxygen atoms in total. The van der Waals surface area contributed by atoms with E-state index in [2.05, 4.69) is 0 Å². The zero-order valence-corrected chi connectivity index (χ0v) is 19.3. The molecule has 5 atom stereocenters. The number of hydrogen-bond donors (Lipinski definition) is 1. The average Bonchev–Trinajstić information content (AvgIpc) is 3.13. The van der Waals surface area contributed by atoms with Crippen LogP contribution in [0.15, 0.2) is 30.5 Å². The lowest BCUT2D eigenvalue weighted by Crippen LogP contribution is -2.60. The first-order valence-electron chi connectivity index (χ1n) is 10.6. The van der Waals surface area contributed by atoms with Gasteiger partial charge in [-0.15, -0.1) is 0 Å². The van der Waals surface area contributed by atoms with Crippen LogP contribution < -0.4 is 0 Å². The summed E-state index contributed by atoms with van der Waals surface area (Å²) in [6.07, 6.45) is -4.25. The maximum absolute atomic E-state index is 12.0. The highest BCUT2D eigenvalue weighted by atomic mass is 16.7. The third kappa shape index (κ3) is 5.54. The van der Waals surface area contributed by atoms with Crippen LogP contribution >= 0.6 is 0 Å². The average molecular weight is 477 g/mol. The molecule has 0 radical (unpaired) electrons. The number of esters is 4. The number of hydrogen-bond acceptors (Lipinski definition) is 10. The molecule has 184 valence electrons. The third-order valence-corrected chi connectivity index (χ3v) is 5.23. The van der Waals surface area contributed by atoms with Crippen molar-refractivity contribution in [2.75, 3.05) is 6.61 Å². The lowest BCUT2D eigenvalue weighted by Gasteiger charge is -2.44. The number of fused-ring (bicyclic) bond motifs is 1. The summed E-state index contributed by atoms with van der Waals surface area (Å²) in [7, 11) is 0. The van der Waals surface area contributed by atoms with Crippen molar-refractivity contribution in [2.24, 2.45) is 0 Å². The Bertz CT molecular complexity index is 1080. The Hall–Kier alpha value is -3.44. The number of para-hydroxylation sites is 1. The maximum Gasteiger partial charge on any atom is 0.303 e. The SMILES string of the molecule is CC(=O)OCC1OC(n2cc(CO)c3ccccc32)C(OC(C)=O)C(OC(C)=O)C1OC(C)=O. The van der Waals surface area contributed by atoms with Gasteiger partial charge in [-0.05, 0) is 6.07 Å². The lowest BCUT2D eigenvalue weighted by molar-refractivity contribution is -0.267. The van der Waals surface area contributed by atoms with E-state index in [9.17, 15) is 24.3 Å². The van der Waals surface area contributed by atoms with Gasteiger partial charge in [-0.25, -0.2) is 0 Å². The Kier molecular flexibility index (Phi) is 7.90. The molecule has 0 saturated carbocycles. The molecule has 3 rings (SSSR count). The Labute approximate surface area is 195 Å². The number of nitrogens with zero attached hydrogens (tertiary/aromatic N) is 1. The third-order valence-electron chi connectivity index (χ3n) is 5.23. The molecule has 34 heavy (non-hydrogen) atoms. The van der Waals surface area contributed by atoms with Crippen molar-refractivity contribution in [2.45, 2.75) is 64.9 Å². The van der Waals surface area contributed by atoms with Gasteiger partial charge in [0.1, 0.15) is 12.7 Å². The molecule has 1 aromatic carbocycles. The van der Waals surface area contributed by atoms with Crippen molar-refractivity contribution in [1.82, 2.24) is 4.57 Å². The van der Waals surface area contributed by atoms with E-state index in [0.29, 0.717) is 11.1 Å². The van der Waals surface area contributed by atoms with Gasteiger partial charge in [0, 0.05) is 44.8 Å². The number of rotatable bonds is 7. The smallest absolute Gasteiger partial charge is 0.303 e. The molecule has 1 fully saturated rings. The minimum atomic E-state index is -1.27. The molecule has 0 spiro atoms. The topological polar surface area (TPSA) is 140 Å². The van der Waals surface area contributed by atoms with Gasteiger partial charge in [-0.3, -0.25) is 19.2 Å². The van der Waals surface area contributed by atoms with Crippen LogP contribution in [0.4, 0.5) is 0 Å². The van der Waals surface area contributed by atoms with Crippen molar-refractivity contribution >= 4 is 34.8 Å². The first-order chi connectivity index (χ1) is 16.1. The summed E-state index contributed by atoms with van der Waals surface area (Å²) in [4.78, 5) is 47.3. The van der Waals surface area contributed by atoms with Gasteiger partial charge in [0.05, 0.1) is 12.1 Å². The van der Waals surface area contributed by atoms with E-state index in [1.165, 1.54) is 13.8 Å². The van der Waals surface area contributed by atoms with E-state index >= 15 is 0 Å². The minimum Gasteiger partial charge on any atom is -0.463 e. The number of aliphatic hydroxyl groups excluding tert-OH is 1. The van der Waals surface area contributed by atoms with E-state index < -0.39 is 54.5 Å². The zero-order chi connectivity index (χ0) is 25.0. The number of ether oxygens (including phenoxy) is 5. The molecule has 1 aliphatic rings. The highest BCUT2D eigenvalue weighted by Gasteiger charge is 2.53. The van der Waals surface area contributed by atoms with Gasteiger partial charge in [-0.2, -0.15) is 0 Å². The number of aromatic nitrogens is 1. The van der Waals surface area contributed by atoms with Crippen molar-refractivity contribution in [1.29, 1.82) is 0 Å². The standard InChI is InChI=1S/C23H27NO10/c1-12(26)30-11-19-20(31-13(2)27)21(32-14(3)28)22(33-15(4)29)23(34-19)24-9-16(10-25)17-7-5-6-8-18(17)24/h5-9,19-23,25H,10-11H2,1-4H3. The first kappa shape index (κ1) is 25.2. The van der Waals surface area contributed by atoms with Crippen molar-refractivity contribution in [3.05, 3.63) is 36.0 Å².